The van der Waals surface area contributed by atoms with Crippen LogP contribution in [0.1, 0.15) is 5.69 Å². The molecule has 0 unspecified atom stereocenters. The van der Waals surface area contributed by atoms with E-state index < -0.39 is 0 Å². The van der Waals surface area contributed by atoms with Crippen LogP contribution in [-0.4, -0.2) is 30.6 Å². The van der Waals surface area contributed by atoms with Crippen LogP contribution < -0.4 is 14.8 Å². The summed E-state index contributed by atoms with van der Waals surface area (Å²) in [5.41, 5.74) is 0.932. The first-order valence-corrected chi connectivity index (χ1v) is 8.60. The Morgan fingerprint density at radius 1 is 1.00 bits per heavy atom. The lowest BCUT2D eigenvalue weighted by atomic mass is 10.1. The quantitative estimate of drug-likeness (QED) is 0.686. The predicted octanol–water partition coefficient (Wildman–Crippen LogP) is 3.12. The van der Waals surface area contributed by atoms with Crippen molar-refractivity contribution in [2.24, 2.45) is 0 Å². The monoisotopic (exact) mass is 360 g/mol. The van der Waals surface area contributed by atoms with Gasteiger partial charge in [0.1, 0.15) is 18.1 Å². The van der Waals surface area contributed by atoms with Gasteiger partial charge in [0.15, 0.2) is 6.61 Å². The molecular weight excluding hydrogens is 340 g/mol. The molecule has 136 valence electrons. The van der Waals surface area contributed by atoms with Crippen molar-refractivity contribution < 1.29 is 14.3 Å². The maximum atomic E-state index is 11.8. The number of hydrogen-bond acceptors (Lipinski definition) is 4. The Morgan fingerprint density at radius 2 is 1.81 bits per heavy atom. The Morgan fingerprint density at radius 3 is 2.63 bits per heavy atom. The number of benzene rings is 2. The van der Waals surface area contributed by atoms with Gasteiger partial charge in [-0.3, -0.25) is 9.78 Å². The van der Waals surface area contributed by atoms with Gasteiger partial charge in [0.05, 0.1) is 12.7 Å². The fraction of sp³-hybridized carbons (Fsp3) is 0.182. The van der Waals surface area contributed by atoms with Crippen LogP contribution in [0.2, 0.25) is 0 Å². The Balaban J connectivity index is 1.36. The summed E-state index contributed by atoms with van der Waals surface area (Å²) < 4.78 is 11.0. The van der Waals surface area contributed by atoms with Gasteiger partial charge in [-0.1, -0.05) is 42.2 Å². The second kappa shape index (κ2) is 9.25. The number of carbonyl (C=O) groups excluding carboxylic acids is 1. The van der Waals surface area contributed by atoms with Crippen molar-refractivity contribution in [1.82, 2.24) is 10.3 Å². The van der Waals surface area contributed by atoms with Gasteiger partial charge in [0.25, 0.3) is 5.91 Å². The van der Waals surface area contributed by atoms with Gasteiger partial charge >= 0.3 is 0 Å². The Labute approximate surface area is 158 Å². The molecule has 3 aromatic rings. The van der Waals surface area contributed by atoms with E-state index in [0.29, 0.717) is 11.5 Å². The number of fused-ring (bicyclic) bond motifs is 1. The van der Waals surface area contributed by atoms with Crippen LogP contribution in [0.5, 0.6) is 11.5 Å². The summed E-state index contributed by atoms with van der Waals surface area (Å²) in [6, 6.07) is 17.4. The molecule has 0 radical (unpaired) electrons. The van der Waals surface area contributed by atoms with Crippen molar-refractivity contribution in [2.75, 3.05) is 19.8 Å². The number of ether oxygens (including phenoxy) is 2. The van der Waals surface area contributed by atoms with Crippen LogP contribution in [-0.2, 0) is 4.79 Å². The van der Waals surface area contributed by atoms with Crippen LogP contribution in [0.15, 0.2) is 60.8 Å². The summed E-state index contributed by atoms with van der Waals surface area (Å²) in [5.74, 6) is 6.79. The molecule has 27 heavy (non-hydrogen) atoms. The van der Waals surface area contributed by atoms with E-state index in [2.05, 4.69) is 22.1 Å². The van der Waals surface area contributed by atoms with E-state index in [1.807, 2.05) is 61.5 Å². The highest BCUT2D eigenvalue weighted by atomic mass is 16.5. The van der Waals surface area contributed by atoms with Gasteiger partial charge in [0, 0.05) is 5.69 Å². The van der Waals surface area contributed by atoms with Crippen molar-refractivity contribution in [3.63, 3.8) is 0 Å². The molecule has 1 amide bonds. The lowest BCUT2D eigenvalue weighted by molar-refractivity contribution is -0.122. The minimum Gasteiger partial charge on any atom is -0.484 e. The number of carbonyl (C=O) groups is 1. The molecule has 0 spiro atoms. The molecule has 1 N–H and O–H groups in total. The van der Waals surface area contributed by atoms with Crippen molar-refractivity contribution in [2.45, 2.75) is 6.92 Å². The van der Waals surface area contributed by atoms with Gasteiger partial charge in [-0.25, -0.2) is 0 Å². The number of amides is 1. The third-order valence-electron chi connectivity index (χ3n) is 3.79. The number of aromatic nitrogens is 1. The van der Waals surface area contributed by atoms with Crippen LogP contribution in [0.3, 0.4) is 0 Å². The zero-order chi connectivity index (χ0) is 18.9. The minimum absolute atomic E-state index is 0.0500. The van der Waals surface area contributed by atoms with Gasteiger partial charge < -0.3 is 14.8 Å². The molecule has 0 bridgehead atoms. The summed E-state index contributed by atoms with van der Waals surface area (Å²) in [6.45, 7) is 2.35. The van der Waals surface area contributed by atoms with Gasteiger partial charge in [-0.15, -0.1) is 0 Å². The fourth-order valence-corrected chi connectivity index (χ4v) is 2.37. The number of nitrogens with zero attached hydrogens (tertiary/aromatic N) is 1. The maximum Gasteiger partial charge on any atom is 0.258 e. The van der Waals surface area contributed by atoms with E-state index in [1.54, 1.807) is 6.20 Å². The van der Waals surface area contributed by atoms with Gasteiger partial charge in [-0.05, 0) is 42.0 Å². The largest absolute Gasteiger partial charge is 0.484 e. The van der Waals surface area contributed by atoms with Crippen molar-refractivity contribution in [1.29, 1.82) is 0 Å². The highest BCUT2D eigenvalue weighted by Gasteiger charge is 2.02. The summed E-state index contributed by atoms with van der Waals surface area (Å²) >= 11 is 0. The van der Waals surface area contributed by atoms with Crippen LogP contribution in [0, 0.1) is 18.8 Å². The molecule has 0 saturated carbocycles. The second-order valence-electron chi connectivity index (χ2n) is 5.85. The zero-order valence-electron chi connectivity index (χ0n) is 15.1. The number of aryl methyl sites for hydroxylation is 1. The molecule has 5 nitrogen and oxygen atoms in total. The molecule has 0 aliphatic rings. The Hall–Kier alpha value is -3.52. The summed E-state index contributed by atoms with van der Waals surface area (Å²) in [7, 11) is 0. The van der Waals surface area contributed by atoms with E-state index in [0.717, 1.165) is 16.5 Å². The molecule has 3 rings (SSSR count). The molecule has 1 aromatic heterocycles. The number of rotatable bonds is 6. The van der Waals surface area contributed by atoms with E-state index in [1.165, 1.54) is 0 Å². The molecule has 0 atom stereocenters. The lowest BCUT2D eigenvalue weighted by Crippen LogP contribution is -2.29. The predicted molar refractivity (Wildman–Crippen MR) is 105 cm³/mol. The normalized spacial score (nSPS) is 9.96. The van der Waals surface area contributed by atoms with Crippen molar-refractivity contribution in [3.8, 4) is 23.3 Å². The van der Waals surface area contributed by atoms with Gasteiger partial charge in [0.2, 0.25) is 0 Å². The van der Waals surface area contributed by atoms with Crippen LogP contribution in [0.25, 0.3) is 10.8 Å². The average molecular weight is 360 g/mol. The van der Waals surface area contributed by atoms with E-state index in [9.17, 15) is 4.79 Å². The third-order valence-corrected chi connectivity index (χ3v) is 3.79. The van der Waals surface area contributed by atoms with E-state index >= 15 is 0 Å². The molecule has 0 fully saturated rings. The first-order chi connectivity index (χ1) is 13.2. The van der Waals surface area contributed by atoms with E-state index in [4.69, 9.17) is 9.47 Å². The third kappa shape index (κ3) is 5.75. The SMILES string of the molecule is Cc1ccc(OCC#CCNC(=O)COc2ccc3ccccc3c2)cn1. The lowest BCUT2D eigenvalue weighted by Gasteiger charge is -2.07. The molecule has 2 aromatic carbocycles. The Bertz CT molecular complexity index is 972. The summed E-state index contributed by atoms with van der Waals surface area (Å²) in [5, 5.41) is 4.90. The van der Waals surface area contributed by atoms with E-state index in [-0.39, 0.29) is 25.7 Å². The van der Waals surface area contributed by atoms with Gasteiger partial charge in [-0.2, -0.15) is 0 Å². The zero-order valence-corrected chi connectivity index (χ0v) is 15.1. The first kappa shape index (κ1) is 18.3. The molecular formula is C22H20N2O3. The molecule has 5 heteroatoms. The standard InChI is InChI=1S/C22H20N2O3/c1-17-8-10-21(15-24-17)26-13-5-4-12-23-22(25)16-27-20-11-9-18-6-2-3-7-19(18)14-20/h2-3,6-11,14-15H,12-13,16H2,1H3,(H,23,25). The van der Waals surface area contributed by atoms with Crippen molar-refractivity contribution in [3.05, 3.63) is 66.5 Å². The second-order valence-corrected chi connectivity index (χ2v) is 5.85. The average Bonchev–Trinajstić information content (AvgIpc) is 2.70. The molecule has 0 aliphatic heterocycles. The Kier molecular flexibility index (Phi) is 6.26. The number of hydrogen-bond donors (Lipinski definition) is 1. The summed E-state index contributed by atoms with van der Waals surface area (Å²) in [6.07, 6.45) is 1.66. The fourth-order valence-electron chi connectivity index (χ4n) is 2.37. The maximum absolute atomic E-state index is 11.8. The molecule has 0 saturated heterocycles. The summed E-state index contributed by atoms with van der Waals surface area (Å²) in [4.78, 5) is 16.0. The highest BCUT2D eigenvalue weighted by Crippen LogP contribution is 2.20. The topological polar surface area (TPSA) is 60.5 Å². The minimum atomic E-state index is -0.221. The highest BCUT2D eigenvalue weighted by molar-refractivity contribution is 5.84. The van der Waals surface area contributed by atoms with Crippen LogP contribution in [0.4, 0.5) is 0 Å². The van der Waals surface area contributed by atoms with Crippen molar-refractivity contribution >= 4 is 16.7 Å². The number of nitrogens with one attached hydrogen (secondary N) is 1. The molecule has 0 aliphatic carbocycles. The van der Waals surface area contributed by atoms with Crippen LogP contribution >= 0.6 is 0 Å². The number of pyridine rings is 1. The first-order valence-electron chi connectivity index (χ1n) is 8.60. The smallest absolute Gasteiger partial charge is 0.258 e. The molecule has 1 heterocycles.